The fraction of sp³-hybridized carbons (Fsp3) is 0.346. The van der Waals surface area contributed by atoms with Crippen molar-refractivity contribution in [2.45, 2.75) is 50.6 Å². The summed E-state index contributed by atoms with van der Waals surface area (Å²) in [6.07, 6.45) is 9.96. The second-order valence-corrected chi connectivity index (χ2v) is 10.2. The van der Waals surface area contributed by atoms with Crippen LogP contribution in [0.2, 0.25) is 0 Å². The molecule has 2 bridgehead atoms. The first-order chi connectivity index (χ1) is 16.1. The Morgan fingerprint density at radius 2 is 2.00 bits per heavy atom. The molecule has 7 heteroatoms. The van der Waals surface area contributed by atoms with Gasteiger partial charge in [-0.1, -0.05) is 28.1 Å². The minimum absolute atomic E-state index is 0.0552. The molecule has 6 nitrogen and oxygen atoms in total. The maximum absolute atomic E-state index is 13.4. The number of carbonyl (C=O) groups excluding carboxylic acids is 2. The van der Waals surface area contributed by atoms with Gasteiger partial charge in [0.05, 0.1) is 6.04 Å². The number of benzene rings is 1. The lowest BCUT2D eigenvalue weighted by Gasteiger charge is -2.45. The van der Waals surface area contributed by atoms with E-state index in [1.165, 1.54) is 5.57 Å². The molecule has 1 saturated carbocycles. The van der Waals surface area contributed by atoms with Crippen LogP contribution >= 0.6 is 15.9 Å². The van der Waals surface area contributed by atoms with Gasteiger partial charge in [-0.25, -0.2) is 4.98 Å². The molecule has 0 spiro atoms. The van der Waals surface area contributed by atoms with Gasteiger partial charge in [-0.15, -0.1) is 0 Å². The van der Waals surface area contributed by atoms with Crippen LogP contribution in [-0.4, -0.2) is 38.8 Å². The molecule has 3 aromatic rings. The standard InChI is InChI=1S/C26H25BrN4O2/c27-18-4-1-3-16(11-18)26(33)31-19-5-2-6-20(31)13-17(12-19)22-14-23(30-25(32)15-7-8-15)29-24-21(22)9-10-28-24/h1,3-4,9-12,14-15,19-20H,2,5-8,13H2,(H2,28,29,30,32). The van der Waals surface area contributed by atoms with Gasteiger partial charge in [0, 0.05) is 33.6 Å². The van der Waals surface area contributed by atoms with Crippen LogP contribution in [0.4, 0.5) is 5.82 Å². The molecule has 2 atom stereocenters. The molecule has 1 saturated heterocycles. The molecule has 2 N–H and O–H groups in total. The predicted molar refractivity (Wildman–Crippen MR) is 132 cm³/mol. The molecule has 2 amide bonds. The van der Waals surface area contributed by atoms with Crippen molar-refractivity contribution in [3.8, 4) is 0 Å². The maximum Gasteiger partial charge on any atom is 0.254 e. The third-order valence-electron chi connectivity index (χ3n) is 7.02. The molecular formula is C26H25BrN4O2. The number of aromatic amines is 1. The summed E-state index contributed by atoms with van der Waals surface area (Å²) < 4.78 is 0.916. The highest BCUT2D eigenvalue weighted by Gasteiger charge is 2.38. The monoisotopic (exact) mass is 504 g/mol. The van der Waals surface area contributed by atoms with Crippen molar-refractivity contribution < 1.29 is 9.59 Å². The third kappa shape index (κ3) is 3.88. The van der Waals surface area contributed by atoms with E-state index in [-0.39, 0.29) is 29.8 Å². The molecule has 6 rings (SSSR count). The predicted octanol–water partition coefficient (Wildman–Crippen LogP) is 5.52. The number of aromatic nitrogens is 2. The van der Waals surface area contributed by atoms with E-state index in [0.29, 0.717) is 5.82 Å². The van der Waals surface area contributed by atoms with Crippen molar-refractivity contribution in [1.82, 2.24) is 14.9 Å². The van der Waals surface area contributed by atoms with Gasteiger partial charge in [-0.2, -0.15) is 0 Å². The van der Waals surface area contributed by atoms with Gasteiger partial charge >= 0.3 is 0 Å². The van der Waals surface area contributed by atoms with E-state index < -0.39 is 0 Å². The molecule has 3 aliphatic rings. The Morgan fingerprint density at radius 3 is 2.79 bits per heavy atom. The summed E-state index contributed by atoms with van der Waals surface area (Å²) in [5.74, 6) is 0.871. The molecule has 2 unspecified atom stereocenters. The Hall–Kier alpha value is -2.93. The average molecular weight is 505 g/mol. The van der Waals surface area contributed by atoms with Crippen LogP contribution in [0.3, 0.4) is 0 Å². The van der Waals surface area contributed by atoms with Crippen LogP contribution in [0.5, 0.6) is 0 Å². The number of nitrogens with zero attached hydrogens (tertiary/aromatic N) is 2. The summed E-state index contributed by atoms with van der Waals surface area (Å²) in [4.78, 5) is 35.7. The van der Waals surface area contributed by atoms with E-state index in [2.05, 4.69) is 42.2 Å². The van der Waals surface area contributed by atoms with Gasteiger partial charge in [0.2, 0.25) is 5.91 Å². The van der Waals surface area contributed by atoms with Crippen molar-refractivity contribution >= 4 is 50.2 Å². The van der Waals surface area contributed by atoms with Gasteiger partial charge in [-0.05, 0) is 80.0 Å². The van der Waals surface area contributed by atoms with Gasteiger partial charge in [0.15, 0.2) is 0 Å². The number of pyridine rings is 1. The number of hydrogen-bond donors (Lipinski definition) is 2. The Morgan fingerprint density at radius 1 is 1.12 bits per heavy atom. The molecule has 1 aromatic carbocycles. The molecule has 168 valence electrons. The molecule has 33 heavy (non-hydrogen) atoms. The molecule has 2 aromatic heterocycles. The fourth-order valence-electron chi connectivity index (χ4n) is 5.26. The van der Waals surface area contributed by atoms with Crippen molar-refractivity contribution in [2.75, 3.05) is 5.32 Å². The van der Waals surface area contributed by atoms with E-state index >= 15 is 0 Å². The zero-order valence-electron chi connectivity index (χ0n) is 18.2. The second-order valence-electron chi connectivity index (χ2n) is 9.33. The van der Waals surface area contributed by atoms with Crippen LogP contribution in [-0.2, 0) is 4.79 Å². The first kappa shape index (κ1) is 20.7. The smallest absolute Gasteiger partial charge is 0.254 e. The van der Waals surface area contributed by atoms with Crippen LogP contribution in [0, 0.1) is 5.92 Å². The number of fused-ring (bicyclic) bond motifs is 3. The number of hydrogen-bond acceptors (Lipinski definition) is 3. The quantitative estimate of drug-likeness (QED) is 0.490. The number of nitrogens with one attached hydrogen (secondary N) is 2. The highest BCUT2D eigenvalue weighted by atomic mass is 79.9. The summed E-state index contributed by atoms with van der Waals surface area (Å²) in [6.45, 7) is 0. The number of rotatable bonds is 4. The Kier molecular flexibility index (Phi) is 5.09. The largest absolute Gasteiger partial charge is 0.346 e. The number of H-pyrrole nitrogens is 1. The summed E-state index contributed by atoms with van der Waals surface area (Å²) in [6, 6.07) is 11.9. The van der Waals surface area contributed by atoms with E-state index in [1.54, 1.807) is 0 Å². The first-order valence-corrected chi connectivity index (χ1v) is 12.4. The zero-order chi connectivity index (χ0) is 22.5. The second kappa shape index (κ2) is 8.13. The Labute approximate surface area is 200 Å². The Balaban J connectivity index is 1.36. The lowest BCUT2D eigenvalue weighted by Crippen LogP contribution is -2.51. The van der Waals surface area contributed by atoms with Gasteiger partial charge < -0.3 is 15.2 Å². The van der Waals surface area contributed by atoms with Crippen molar-refractivity contribution in [3.05, 3.63) is 64.3 Å². The van der Waals surface area contributed by atoms with Crippen LogP contribution < -0.4 is 5.32 Å². The van der Waals surface area contributed by atoms with Crippen molar-refractivity contribution in [1.29, 1.82) is 0 Å². The highest BCUT2D eigenvalue weighted by molar-refractivity contribution is 9.10. The average Bonchev–Trinajstić information content (AvgIpc) is 3.55. The third-order valence-corrected chi connectivity index (χ3v) is 7.51. The van der Waals surface area contributed by atoms with Crippen molar-refractivity contribution in [2.24, 2.45) is 5.92 Å². The lowest BCUT2D eigenvalue weighted by molar-refractivity contribution is -0.117. The summed E-state index contributed by atoms with van der Waals surface area (Å²) in [5.41, 5.74) is 3.83. The molecule has 1 aliphatic carbocycles. The molecular weight excluding hydrogens is 480 g/mol. The number of carbonyl (C=O) groups is 2. The number of anilines is 1. The van der Waals surface area contributed by atoms with E-state index in [4.69, 9.17) is 0 Å². The minimum atomic E-state index is 0.0552. The normalized spacial score (nSPS) is 22.2. The summed E-state index contributed by atoms with van der Waals surface area (Å²) in [7, 11) is 0. The number of halogens is 1. The fourth-order valence-corrected chi connectivity index (χ4v) is 5.66. The molecule has 0 radical (unpaired) electrons. The maximum atomic E-state index is 13.4. The van der Waals surface area contributed by atoms with E-state index in [0.717, 1.165) is 65.2 Å². The molecule has 2 fully saturated rings. The molecule has 2 aliphatic heterocycles. The SMILES string of the molecule is O=C(Nc1cc(C2=CC3CCCC(C2)N3C(=O)c2cccc(Br)c2)c2cc[nH]c2n1)C1CC1. The van der Waals surface area contributed by atoms with Crippen molar-refractivity contribution in [3.63, 3.8) is 0 Å². The highest BCUT2D eigenvalue weighted by Crippen LogP contribution is 2.40. The van der Waals surface area contributed by atoms with Gasteiger partial charge in [-0.3, -0.25) is 9.59 Å². The summed E-state index contributed by atoms with van der Waals surface area (Å²) >= 11 is 3.49. The van der Waals surface area contributed by atoms with Gasteiger partial charge in [0.1, 0.15) is 11.5 Å². The summed E-state index contributed by atoms with van der Waals surface area (Å²) in [5, 5.41) is 4.05. The zero-order valence-corrected chi connectivity index (χ0v) is 19.8. The van der Waals surface area contributed by atoms with E-state index in [1.807, 2.05) is 42.6 Å². The van der Waals surface area contributed by atoms with Crippen LogP contribution in [0.15, 0.2) is 53.1 Å². The van der Waals surface area contributed by atoms with Crippen LogP contribution in [0.25, 0.3) is 16.6 Å². The lowest BCUT2D eigenvalue weighted by atomic mass is 9.82. The molecule has 4 heterocycles. The first-order valence-electron chi connectivity index (χ1n) is 11.6. The topological polar surface area (TPSA) is 78.1 Å². The number of piperidine rings is 1. The van der Waals surface area contributed by atoms with E-state index in [9.17, 15) is 9.59 Å². The minimum Gasteiger partial charge on any atom is -0.346 e. The number of amides is 2. The van der Waals surface area contributed by atoms with Crippen LogP contribution in [0.1, 0.15) is 54.4 Å². The Bertz CT molecular complexity index is 1290. The van der Waals surface area contributed by atoms with Gasteiger partial charge in [0.25, 0.3) is 5.91 Å².